The van der Waals surface area contributed by atoms with Crippen molar-refractivity contribution in [3.63, 3.8) is 0 Å². The maximum Gasteiger partial charge on any atom is 0.280 e. The number of hydrogen-bond donors (Lipinski definition) is 1. The van der Waals surface area contributed by atoms with E-state index in [1.54, 1.807) is 40.9 Å². The number of rotatable bonds is 6. The van der Waals surface area contributed by atoms with E-state index in [9.17, 15) is 13.6 Å². The summed E-state index contributed by atoms with van der Waals surface area (Å²) in [6.45, 7) is 0.350. The predicted molar refractivity (Wildman–Crippen MR) is 106 cm³/mol. The molecule has 0 atom stereocenters. The van der Waals surface area contributed by atoms with Crippen LogP contribution < -0.4 is 10.1 Å². The second kappa shape index (κ2) is 8.16. The number of anilines is 1. The summed E-state index contributed by atoms with van der Waals surface area (Å²) in [4.78, 5) is 12.8. The fourth-order valence-corrected chi connectivity index (χ4v) is 2.97. The van der Waals surface area contributed by atoms with Gasteiger partial charge in [-0.3, -0.25) is 4.79 Å². The zero-order valence-corrected chi connectivity index (χ0v) is 15.9. The Bertz CT molecular complexity index is 1170. The Morgan fingerprint density at radius 3 is 2.50 bits per heavy atom. The number of carbonyl (C=O) groups is 1. The molecular formula is C21H17F2N5O2. The number of aromatic nitrogens is 4. The molecule has 0 saturated heterocycles. The molecule has 2 aromatic carbocycles. The third-order valence-electron chi connectivity index (χ3n) is 4.44. The standard InChI is InChI=1S/C21H17F2N5O2/c1-30-16-7-4-14(5-8-16)13-28-21(27-10-2-3-11-27)19(25-26-28)20(29)24-18-9-6-15(22)12-17(18)23/h2-12H,13H2,1H3,(H,24,29). The second-order valence-electron chi connectivity index (χ2n) is 6.44. The second-order valence-corrected chi connectivity index (χ2v) is 6.44. The molecule has 0 spiro atoms. The van der Waals surface area contributed by atoms with E-state index in [1.165, 1.54) is 0 Å². The molecule has 152 valence electrons. The molecule has 4 rings (SSSR count). The van der Waals surface area contributed by atoms with Gasteiger partial charge in [-0.15, -0.1) is 5.10 Å². The quantitative estimate of drug-likeness (QED) is 0.528. The highest BCUT2D eigenvalue weighted by Crippen LogP contribution is 2.20. The molecule has 0 fully saturated rings. The molecule has 4 aromatic rings. The number of benzene rings is 2. The number of halogens is 2. The lowest BCUT2D eigenvalue weighted by Gasteiger charge is -2.10. The van der Waals surface area contributed by atoms with E-state index in [-0.39, 0.29) is 11.4 Å². The summed E-state index contributed by atoms with van der Waals surface area (Å²) in [7, 11) is 1.59. The molecule has 1 amide bonds. The molecule has 2 aromatic heterocycles. The van der Waals surface area contributed by atoms with E-state index < -0.39 is 17.5 Å². The van der Waals surface area contributed by atoms with E-state index >= 15 is 0 Å². The SMILES string of the molecule is COc1ccc(Cn2nnc(C(=O)Nc3ccc(F)cc3F)c2-n2cccc2)cc1. The third kappa shape index (κ3) is 3.90. The number of hydrogen-bond acceptors (Lipinski definition) is 4. The molecular weight excluding hydrogens is 392 g/mol. The number of ether oxygens (including phenoxy) is 1. The molecule has 2 heterocycles. The van der Waals surface area contributed by atoms with Crippen molar-refractivity contribution in [1.82, 2.24) is 19.6 Å². The molecule has 9 heteroatoms. The van der Waals surface area contributed by atoms with Gasteiger partial charge in [0.15, 0.2) is 11.5 Å². The van der Waals surface area contributed by atoms with Crippen LogP contribution in [0.4, 0.5) is 14.5 Å². The molecule has 0 aliphatic rings. The van der Waals surface area contributed by atoms with Gasteiger partial charge in [-0.1, -0.05) is 17.3 Å². The molecule has 0 radical (unpaired) electrons. The number of methoxy groups -OCH3 is 1. The van der Waals surface area contributed by atoms with Crippen LogP contribution in [0.15, 0.2) is 67.0 Å². The Labute approximate surface area is 170 Å². The predicted octanol–water partition coefficient (Wildman–Crippen LogP) is 3.66. The van der Waals surface area contributed by atoms with Gasteiger partial charge in [0.25, 0.3) is 5.91 Å². The van der Waals surface area contributed by atoms with Crippen molar-refractivity contribution in [3.8, 4) is 11.6 Å². The maximum absolute atomic E-state index is 13.9. The van der Waals surface area contributed by atoms with Crippen LogP contribution in [0, 0.1) is 11.6 Å². The number of amides is 1. The van der Waals surface area contributed by atoms with E-state index in [0.29, 0.717) is 18.4 Å². The zero-order valence-electron chi connectivity index (χ0n) is 15.9. The van der Waals surface area contributed by atoms with E-state index in [1.807, 2.05) is 24.3 Å². The molecule has 0 bridgehead atoms. The molecule has 1 N–H and O–H groups in total. The van der Waals surface area contributed by atoms with Crippen LogP contribution in [0.3, 0.4) is 0 Å². The average molecular weight is 409 g/mol. The summed E-state index contributed by atoms with van der Waals surface area (Å²) in [5, 5.41) is 10.5. The smallest absolute Gasteiger partial charge is 0.280 e. The fraction of sp³-hybridized carbons (Fsp3) is 0.0952. The zero-order chi connectivity index (χ0) is 21.1. The summed E-state index contributed by atoms with van der Waals surface area (Å²) in [5.41, 5.74) is 0.777. The lowest BCUT2D eigenvalue weighted by Crippen LogP contribution is -2.17. The van der Waals surface area contributed by atoms with Gasteiger partial charge < -0.3 is 14.6 Å². The maximum atomic E-state index is 13.9. The van der Waals surface area contributed by atoms with Crippen molar-refractivity contribution in [3.05, 3.63) is 89.9 Å². The summed E-state index contributed by atoms with van der Waals surface area (Å²) in [6.07, 6.45) is 3.50. The topological polar surface area (TPSA) is 74.0 Å². The molecule has 0 aliphatic heterocycles. The van der Waals surface area contributed by atoms with Crippen LogP contribution in [-0.4, -0.2) is 32.6 Å². The van der Waals surface area contributed by atoms with Crippen molar-refractivity contribution < 1.29 is 18.3 Å². The van der Waals surface area contributed by atoms with Crippen LogP contribution in [0.2, 0.25) is 0 Å². The van der Waals surface area contributed by atoms with Crippen molar-refractivity contribution in [2.24, 2.45) is 0 Å². The lowest BCUT2D eigenvalue weighted by molar-refractivity contribution is 0.102. The molecule has 0 unspecified atom stereocenters. The summed E-state index contributed by atoms with van der Waals surface area (Å²) < 4.78 is 35.5. The first-order valence-electron chi connectivity index (χ1n) is 9.01. The molecule has 7 nitrogen and oxygen atoms in total. The van der Waals surface area contributed by atoms with Crippen LogP contribution >= 0.6 is 0 Å². The average Bonchev–Trinajstić information content (AvgIpc) is 3.40. The Morgan fingerprint density at radius 2 is 1.83 bits per heavy atom. The van der Waals surface area contributed by atoms with Gasteiger partial charge in [-0.05, 0) is 42.0 Å². The summed E-state index contributed by atoms with van der Waals surface area (Å²) in [5.74, 6) is -1.13. The minimum absolute atomic E-state index is 0.00318. The van der Waals surface area contributed by atoms with Gasteiger partial charge >= 0.3 is 0 Å². The van der Waals surface area contributed by atoms with Crippen molar-refractivity contribution in [1.29, 1.82) is 0 Å². The van der Waals surface area contributed by atoms with Gasteiger partial charge in [0.1, 0.15) is 17.4 Å². The summed E-state index contributed by atoms with van der Waals surface area (Å²) in [6, 6.07) is 13.9. The lowest BCUT2D eigenvalue weighted by atomic mass is 10.2. The van der Waals surface area contributed by atoms with Crippen molar-refractivity contribution in [2.45, 2.75) is 6.54 Å². The van der Waals surface area contributed by atoms with Crippen LogP contribution in [0.5, 0.6) is 5.75 Å². The fourth-order valence-electron chi connectivity index (χ4n) is 2.97. The van der Waals surface area contributed by atoms with Gasteiger partial charge in [-0.2, -0.15) is 0 Å². The number of carbonyl (C=O) groups excluding carboxylic acids is 1. The first-order chi connectivity index (χ1) is 14.5. The largest absolute Gasteiger partial charge is 0.497 e. The van der Waals surface area contributed by atoms with E-state index in [4.69, 9.17) is 4.74 Å². The first-order valence-corrected chi connectivity index (χ1v) is 9.01. The van der Waals surface area contributed by atoms with E-state index in [2.05, 4.69) is 15.6 Å². The highest BCUT2D eigenvalue weighted by Gasteiger charge is 2.22. The van der Waals surface area contributed by atoms with Gasteiger partial charge in [0.05, 0.1) is 19.3 Å². The van der Waals surface area contributed by atoms with Crippen LogP contribution in [0.1, 0.15) is 16.1 Å². The van der Waals surface area contributed by atoms with Crippen LogP contribution in [-0.2, 0) is 6.54 Å². The highest BCUT2D eigenvalue weighted by atomic mass is 19.1. The van der Waals surface area contributed by atoms with Crippen LogP contribution in [0.25, 0.3) is 5.82 Å². The summed E-state index contributed by atoms with van der Waals surface area (Å²) >= 11 is 0. The molecule has 0 saturated carbocycles. The molecule has 0 aliphatic carbocycles. The monoisotopic (exact) mass is 409 g/mol. The Balaban J connectivity index is 1.67. The Hall–Kier alpha value is -4.01. The third-order valence-corrected chi connectivity index (χ3v) is 4.44. The van der Waals surface area contributed by atoms with Crippen molar-refractivity contribution in [2.75, 3.05) is 12.4 Å². The minimum atomic E-state index is -0.878. The number of nitrogens with one attached hydrogen (secondary N) is 1. The normalized spacial score (nSPS) is 10.8. The Morgan fingerprint density at radius 1 is 1.10 bits per heavy atom. The van der Waals surface area contributed by atoms with Gasteiger partial charge in [0.2, 0.25) is 0 Å². The minimum Gasteiger partial charge on any atom is -0.497 e. The Kier molecular flexibility index (Phi) is 5.25. The number of nitrogens with zero attached hydrogens (tertiary/aromatic N) is 4. The van der Waals surface area contributed by atoms with Gasteiger partial charge in [0, 0.05) is 18.5 Å². The van der Waals surface area contributed by atoms with E-state index in [0.717, 1.165) is 23.4 Å². The first kappa shape index (κ1) is 19.3. The molecule has 30 heavy (non-hydrogen) atoms. The van der Waals surface area contributed by atoms with Crippen molar-refractivity contribution >= 4 is 11.6 Å². The van der Waals surface area contributed by atoms with Gasteiger partial charge in [-0.25, -0.2) is 13.5 Å². The highest BCUT2D eigenvalue weighted by molar-refractivity contribution is 6.04.